The molecule has 1 saturated heterocycles. The van der Waals surface area contributed by atoms with E-state index in [1.165, 1.54) is 5.56 Å². The van der Waals surface area contributed by atoms with E-state index in [0.717, 1.165) is 49.8 Å². The van der Waals surface area contributed by atoms with Crippen LogP contribution in [0.25, 0.3) is 5.65 Å². The summed E-state index contributed by atoms with van der Waals surface area (Å²) in [5, 5.41) is 3.00. The van der Waals surface area contributed by atoms with Crippen LogP contribution in [0.4, 0.5) is 4.79 Å². The third kappa shape index (κ3) is 3.90. The van der Waals surface area contributed by atoms with Crippen molar-refractivity contribution in [1.82, 2.24) is 34.5 Å². The van der Waals surface area contributed by atoms with Crippen LogP contribution in [0.15, 0.2) is 43.1 Å². The van der Waals surface area contributed by atoms with Crippen LogP contribution in [0.2, 0.25) is 0 Å². The van der Waals surface area contributed by atoms with Crippen molar-refractivity contribution >= 4 is 11.7 Å². The first-order chi connectivity index (χ1) is 13.2. The highest BCUT2D eigenvalue weighted by Crippen LogP contribution is 2.10. The molecule has 1 aliphatic heterocycles. The number of nitrogens with one attached hydrogen (secondary N) is 1. The van der Waals surface area contributed by atoms with Gasteiger partial charge in [0, 0.05) is 51.3 Å². The van der Waals surface area contributed by atoms with E-state index in [-0.39, 0.29) is 6.03 Å². The molecule has 0 spiro atoms. The zero-order valence-electron chi connectivity index (χ0n) is 15.4. The highest BCUT2D eigenvalue weighted by molar-refractivity contribution is 5.74. The number of hydrogen-bond donors (Lipinski definition) is 1. The maximum atomic E-state index is 12.5. The van der Waals surface area contributed by atoms with Gasteiger partial charge in [-0.1, -0.05) is 6.07 Å². The van der Waals surface area contributed by atoms with Crippen LogP contribution in [0, 0.1) is 6.92 Å². The highest BCUT2D eigenvalue weighted by Gasteiger charge is 2.21. The Kier molecular flexibility index (Phi) is 4.97. The van der Waals surface area contributed by atoms with Gasteiger partial charge < -0.3 is 10.2 Å². The molecule has 3 aromatic heterocycles. The fourth-order valence-electron chi connectivity index (χ4n) is 3.31. The molecule has 0 aromatic carbocycles. The summed E-state index contributed by atoms with van der Waals surface area (Å²) in [5.74, 6) is 0. The summed E-state index contributed by atoms with van der Waals surface area (Å²) in [4.78, 5) is 29.5. The maximum Gasteiger partial charge on any atom is 0.317 e. The van der Waals surface area contributed by atoms with Crippen LogP contribution >= 0.6 is 0 Å². The number of urea groups is 1. The Morgan fingerprint density at radius 3 is 2.81 bits per heavy atom. The average Bonchev–Trinajstić information content (AvgIpc) is 3.12. The van der Waals surface area contributed by atoms with Gasteiger partial charge in [-0.15, -0.1) is 0 Å². The molecule has 0 unspecified atom stereocenters. The normalized spacial score (nSPS) is 15.2. The van der Waals surface area contributed by atoms with E-state index in [4.69, 9.17) is 0 Å². The maximum absolute atomic E-state index is 12.5. The number of pyridine rings is 1. The molecule has 1 fully saturated rings. The van der Waals surface area contributed by atoms with Crippen molar-refractivity contribution in [3.63, 3.8) is 0 Å². The van der Waals surface area contributed by atoms with Crippen molar-refractivity contribution in [3.8, 4) is 0 Å². The van der Waals surface area contributed by atoms with E-state index < -0.39 is 0 Å². The van der Waals surface area contributed by atoms with Crippen molar-refractivity contribution < 1.29 is 4.79 Å². The molecule has 0 atom stereocenters. The molecule has 0 saturated carbocycles. The Labute approximate surface area is 157 Å². The third-order valence-corrected chi connectivity index (χ3v) is 4.97. The number of carbonyl (C=O) groups is 1. The van der Waals surface area contributed by atoms with Crippen LogP contribution in [0.1, 0.15) is 17.0 Å². The number of amides is 2. The quantitative estimate of drug-likeness (QED) is 0.757. The van der Waals surface area contributed by atoms with Crippen LogP contribution < -0.4 is 5.32 Å². The average molecular weight is 365 g/mol. The number of aryl methyl sites for hydroxylation is 1. The topological polar surface area (TPSA) is 78.7 Å². The number of aromatic nitrogens is 4. The van der Waals surface area contributed by atoms with Crippen molar-refractivity contribution in [2.24, 2.45) is 0 Å². The summed E-state index contributed by atoms with van der Waals surface area (Å²) in [5.41, 5.74) is 4.03. The second-order valence-corrected chi connectivity index (χ2v) is 6.74. The second kappa shape index (κ2) is 7.71. The number of fused-ring (bicyclic) bond motifs is 1. The summed E-state index contributed by atoms with van der Waals surface area (Å²) in [6, 6.07) is 4.01. The highest BCUT2D eigenvalue weighted by atomic mass is 16.2. The smallest absolute Gasteiger partial charge is 0.317 e. The largest absolute Gasteiger partial charge is 0.332 e. The van der Waals surface area contributed by atoms with E-state index in [0.29, 0.717) is 6.54 Å². The van der Waals surface area contributed by atoms with Crippen molar-refractivity contribution in [1.29, 1.82) is 0 Å². The molecular weight excluding hydrogens is 342 g/mol. The lowest BCUT2D eigenvalue weighted by Crippen LogP contribution is -2.51. The molecule has 2 amide bonds. The number of hydrogen-bond acceptors (Lipinski definition) is 5. The van der Waals surface area contributed by atoms with Gasteiger partial charge in [0.25, 0.3) is 0 Å². The molecule has 4 rings (SSSR count). The van der Waals surface area contributed by atoms with Gasteiger partial charge in [-0.05, 0) is 18.6 Å². The Morgan fingerprint density at radius 2 is 2.00 bits per heavy atom. The summed E-state index contributed by atoms with van der Waals surface area (Å²) in [6.07, 6.45) is 8.87. The molecule has 1 aliphatic rings. The minimum absolute atomic E-state index is 0.0346. The van der Waals surface area contributed by atoms with Crippen molar-refractivity contribution in [3.05, 3.63) is 60.1 Å². The van der Waals surface area contributed by atoms with E-state index >= 15 is 0 Å². The molecule has 8 nitrogen and oxygen atoms in total. The van der Waals surface area contributed by atoms with Crippen LogP contribution in [-0.2, 0) is 13.1 Å². The first kappa shape index (κ1) is 17.4. The van der Waals surface area contributed by atoms with Gasteiger partial charge in [0.05, 0.1) is 30.3 Å². The molecule has 0 bridgehead atoms. The Bertz CT molecular complexity index is 930. The van der Waals surface area contributed by atoms with E-state index in [1.807, 2.05) is 27.8 Å². The monoisotopic (exact) mass is 365 g/mol. The molecule has 1 N–H and O–H groups in total. The number of piperazine rings is 1. The number of imidazole rings is 1. The summed E-state index contributed by atoms with van der Waals surface area (Å²) < 4.78 is 1.93. The zero-order valence-corrected chi connectivity index (χ0v) is 15.4. The van der Waals surface area contributed by atoms with Gasteiger partial charge in [0.2, 0.25) is 0 Å². The molecule has 27 heavy (non-hydrogen) atoms. The Morgan fingerprint density at radius 1 is 1.15 bits per heavy atom. The number of rotatable bonds is 4. The summed E-state index contributed by atoms with van der Waals surface area (Å²) >= 11 is 0. The predicted molar refractivity (Wildman–Crippen MR) is 101 cm³/mol. The Balaban J connectivity index is 1.28. The molecular formula is C19H23N7O. The molecule has 0 aliphatic carbocycles. The van der Waals surface area contributed by atoms with Gasteiger partial charge in [-0.3, -0.25) is 19.3 Å². The number of carbonyl (C=O) groups excluding carboxylic acids is 1. The van der Waals surface area contributed by atoms with Gasteiger partial charge in [-0.25, -0.2) is 9.78 Å². The van der Waals surface area contributed by atoms with Gasteiger partial charge in [0.15, 0.2) is 5.65 Å². The molecule has 8 heteroatoms. The van der Waals surface area contributed by atoms with Crippen molar-refractivity contribution in [2.45, 2.75) is 20.0 Å². The molecule has 0 radical (unpaired) electrons. The molecule has 140 valence electrons. The number of nitrogens with zero attached hydrogens (tertiary/aromatic N) is 6. The van der Waals surface area contributed by atoms with Gasteiger partial charge >= 0.3 is 6.03 Å². The first-order valence-electron chi connectivity index (χ1n) is 9.12. The molecule has 3 aromatic rings. The lowest BCUT2D eigenvalue weighted by molar-refractivity contribution is 0.134. The molecule has 4 heterocycles. The van der Waals surface area contributed by atoms with Crippen LogP contribution in [0.3, 0.4) is 0 Å². The van der Waals surface area contributed by atoms with E-state index in [2.05, 4.69) is 38.2 Å². The summed E-state index contributed by atoms with van der Waals surface area (Å²) in [7, 11) is 0. The van der Waals surface area contributed by atoms with E-state index in [9.17, 15) is 4.79 Å². The van der Waals surface area contributed by atoms with Crippen LogP contribution in [-0.4, -0.2) is 61.4 Å². The minimum Gasteiger partial charge on any atom is -0.332 e. The Hall–Kier alpha value is -3.00. The zero-order chi connectivity index (χ0) is 18.6. The third-order valence-electron chi connectivity index (χ3n) is 4.97. The standard InChI is InChI=1S/C19H23N7O/c1-15-3-2-4-21-17(15)14-24-7-9-25(10-8-24)19(27)23-12-16-11-22-18-13-20-5-6-26(16)18/h2-6,11,13H,7-10,12,14H2,1H3,(H,23,27). The fraction of sp³-hybridized carbons (Fsp3) is 0.368. The van der Waals surface area contributed by atoms with Crippen molar-refractivity contribution in [2.75, 3.05) is 26.2 Å². The van der Waals surface area contributed by atoms with Gasteiger partial charge in [-0.2, -0.15) is 0 Å². The van der Waals surface area contributed by atoms with Crippen LogP contribution in [0.5, 0.6) is 0 Å². The minimum atomic E-state index is -0.0346. The summed E-state index contributed by atoms with van der Waals surface area (Å²) in [6.45, 7) is 6.50. The SMILES string of the molecule is Cc1cccnc1CN1CCN(C(=O)NCc2cnc3cnccn23)CC1. The lowest BCUT2D eigenvalue weighted by Gasteiger charge is -2.34. The van der Waals surface area contributed by atoms with Gasteiger partial charge in [0.1, 0.15) is 0 Å². The van der Waals surface area contributed by atoms with E-state index in [1.54, 1.807) is 18.6 Å². The first-order valence-corrected chi connectivity index (χ1v) is 9.12. The lowest BCUT2D eigenvalue weighted by atomic mass is 10.2. The second-order valence-electron chi connectivity index (χ2n) is 6.74. The predicted octanol–water partition coefficient (Wildman–Crippen LogP) is 1.46. The fourth-order valence-corrected chi connectivity index (χ4v) is 3.31.